The third-order valence-electron chi connectivity index (χ3n) is 5.90. The average molecular weight is 378 g/mol. The molecule has 7 heteroatoms. The van der Waals surface area contributed by atoms with Crippen molar-refractivity contribution in [2.75, 3.05) is 38.2 Å². The summed E-state index contributed by atoms with van der Waals surface area (Å²) in [4.78, 5) is 17.2. The maximum Gasteiger partial charge on any atom is 0.254 e. The number of amides is 1. The molecule has 1 saturated carbocycles. The van der Waals surface area contributed by atoms with E-state index in [0.29, 0.717) is 23.8 Å². The first kappa shape index (κ1) is 17.8. The molecule has 1 amide bonds. The molecule has 6 nitrogen and oxygen atoms in total. The summed E-state index contributed by atoms with van der Waals surface area (Å²) in [7, 11) is -1.52. The molecule has 2 atom stereocenters. The molecule has 0 unspecified atom stereocenters. The summed E-state index contributed by atoms with van der Waals surface area (Å²) in [5.74, 6) is 1.54. The Morgan fingerprint density at radius 3 is 2.62 bits per heavy atom. The van der Waals surface area contributed by atoms with Gasteiger partial charge < -0.3 is 9.64 Å². The van der Waals surface area contributed by atoms with Gasteiger partial charge in [0.1, 0.15) is 5.75 Å². The minimum Gasteiger partial charge on any atom is -0.496 e. The molecule has 1 aromatic rings. The van der Waals surface area contributed by atoms with E-state index in [-0.39, 0.29) is 29.5 Å². The lowest BCUT2D eigenvalue weighted by molar-refractivity contribution is 0.0318. The zero-order chi connectivity index (χ0) is 18.5. The van der Waals surface area contributed by atoms with Crippen molar-refractivity contribution in [1.82, 2.24) is 9.80 Å². The number of aryl methyl sites for hydroxylation is 1. The van der Waals surface area contributed by atoms with E-state index < -0.39 is 9.84 Å². The van der Waals surface area contributed by atoms with E-state index in [9.17, 15) is 13.2 Å². The Hall–Kier alpha value is -1.60. The monoisotopic (exact) mass is 378 g/mol. The number of carbonyl (C=O) groups is 1. The van der Waals surface area contributed by atoms with Crippen molar-refractivity contribution >= 4 is 15.7 Å². The molecule has 142 valence electrons. The lowest BCUT2D eigenvalue weighted by Gasteiger charge is -2.44. The maximum absolute atomic E-state index is 13.1. The second-order valence-electron chi connectivity index (χ2n) is 7.83. The van der Waals surface area contributed by atoms with Gasteiger partial charge in [-0.3, -0.25) is 9.69 Å². The van der Waals surface area contributed by atoms with Crippen LogP contribution in [0.3, 0.4) is 0 Å². The molecule has 0 radical (unpaired) electrons. The number of benzene rings is 1. The molecule has 2 aliphatic heterocycles. The van der Waals surface area contributed by atoms with E-state index >= 15 is 0 Å². The topological polar surface area (TPSA) is 66.9 Å². The van der Waals surface area contributed by atoms with E-state index in [1.165, 1.54) is 12.8 Å². The number of piperazine rings is 1. The number of sulfone groups is 1. The van der Waals surface area contributed by atoms with Crippen LogP contribution in [-0.4, -0.2) is 74.5 Å². The van der Waals surface area contributed by atoms with Gasteiger partial charge in [-0.1, -0.05) is 6.07 Å². The molecular formula is C19H26N2O4S. The summed E-state index contributed by atoms with van der Waals surface area (Å²) in [6, 6.07) is 5.12. The summed E-state index contributed by atoms with van der Waals surface area (Å²) in [5.41, 5.74) is 1.53. The Labute approximate surface area is 155 Å². The van der Waals surface area contributed by atoms with Crippen LogP contribution >= 0.6 is 0 Å². The standard InChI is InChI=1S/C19H26N2O4S/c1-13-3-6-15(9-18(13)25-2)19(22)21-8-7-20(10-14-4-5-14)16-11-26(23,24)12-17(16)21/h3,6,9,14,16-17H,4-5,7-8,10-12H2,1-2H3/t16-,17+/m1/s1. The van der Waals surface area contributed by atoms with Crippen molar-refractivity contribution in [1.29, 1.82) is 0 Å². The maximum atomic E-state index is 13.1. The molecule has 2 saturated heterocycles. The van der Waals surface area contributed by atoms with Crippen LogP contribution in [0.4, 0.5) is 0 Å². The highest BCUT2D eigenvalue weighted by atomic mass is 32.2. The molecular weight excluding hydrogens is 352 g/mol. The molecule has 1 aliphatic carbocycles. The highest BCUT2D eigenvalue weighted by molar-refractivity contribution is 7.91. The van der Waals surface area contributed by atoms with Crippen molar-refractivity contribution < 1.29 is 17.9 Å². The number of nitrogens with zero attached hydrogens (tertiary/aromatic N) is 2. The first-order chi connectivity index (χ1) is 12.4. The fraction of sp³-hybridized carbons (Fsp3) is 0.632. The Morgan fingerprint density at radius 1 is 1.19 bits per heavy atom. The first-order valence-electron chi connectivity index (χ1n) is 9.28. The van der Waals surface area contributed by atoms with Gasteiger partial charge in [-0.05, 0) is 43.4 Å². The number of ether oxygens (including phenoxy) is 1. The number of methoxy groups -OCH3 is 1. The SMILES string of the molecule is COc1cc(C(=O)N2CCN(CC3CC3)[C@@H]3CS(=O)(=O)C[C@@H]32)ccc1C. The van der Waals surface area contributed by atoms with Crippen LogP contribution in [0.15, 0.2) is 18.2 Å². The lowest BCUT2D eigenvalue weighted by Crippen LogP contribution is -2.60. The van der Waals surface area contributed by atoms with Gasteiger partial charge in [-0.25, -0.2) is 8.42 Å². The van der Waals surface area contributed by atoms with Gasteiger partial charge in [0.2, 0.25) is 0 Å². The molecule has 3 aliphatic rings. The van der Waals surface area contributed by atoms with Gasteiger partial charge in [0.25, 0.3) is 5.91 Å². The zero-order valence-electron chi connectivity index (χ0n) is 15.3. The van der Waals surface area contributed by atoms with Crippen LogP contribution in [0, 0.1) is 12.8 Å². The van der Waals surface area contributed by atoms with Gasteiger partial charge >= 0.3 is 0 Å². The average Bonchev–Trinajstić information content (AvgIpc) is 3.35. The number of fused-ring (bicyclic) bond motifs is 1. The fourth-order valence-corrected chi connectivity index (χ4v) is 6.27. The van der Waals surface area contributed by atoms with Crippen LogP contribution in [0.1, 0.15) is 28.8 Å². The van der Waals surface area contributed by atoms with E-state index in [1.54, 1.807) is 24.1 Å². The molecule has 4 rings (SSSR count). The molecule has 1 aromatic carbocycles. The van der Waals surface area contributed by atoms with Crippen molar-refractivity contribution in [3.63, 3.8) is 0 Å². The predicted molar refractivity (Wildman–Crippen MR) is 99.3 cm³/mol. The van der Waals surface area contributed by atoms with Crippen LogP contribution in [0.25, 0.3) is 0 Å². The third-order valence-corrected chi connectivity index (χ3v) is 7.60. The van der Waals surface area contributed by atoms with Gasteiger partial charge in [0.15, 0.2) is 9.84 Å². The number of rotatable bonds is 4. The minimum atomic E-state index is -3.11. The van der Waals surface area contributed by atoms with Crippen molar-refractivity contribution in [2.24, 2.45) is 5.92 Å². The third kappa shape index (κ3) is 3.34. The predicted octanol–water partition coefficient (Wildman–Crippen LogP) is 1.34. The second kappa shape index (κ2) is 6.53. The minimum absolute atomic E-state index is 0.0642. The van der Waals surface area contributed by atoms with Gasteiger partial charge in [0, 0.05) is 31.2 Å². The number of carbonyl (C=O) groups excluding carboxylic acids is 1. The zero-order valence-corrected chi connectivity index (χ0v) is 16.2. The Kier molecular flexibility index (Phi) is 4.47. The molecule has 26 heavy (non-hydrogen) atoms. The number of hydrogen-bond acceptors (Lipinski definition) is 5. The van der Waals surface area contributed by atoms with Gasteiger partial charge in [-0.15, -0.1) is 0 Å². The summed E-state index contributed by atoms with van der Waals surface area (Å²) in [6.07, 6.45) is 2.49. The first-order valence-corrected chi connectivity index (χ1v) is 11.1. The summed E-state index contributed by atoms with van der Waals surface area (Å²) >= 11 is 0. The molecule has 2 heterocycles. The van der Waals surface area contributed by atoms with E-state index in [0.717, 1.165) is 18.7 Å². The van der Waals surface area contributed by atoms with E-state index in [4.69, 9.17) is 4.74 Å². The van der Waals surface area contributed by atoms with E-state index in [1.807, 2.05) is 13.0 Å². The normalized spacial score (nSPS) is 28.0. The summed E-state index contributed by atoms with van der Waals surface area (Å²) in [5, 5.41) is 0. The molecule has 0 bridgehead atoms. The highest BCUT2D eigenvalue weighted by Gasteiger charge is 2.48. The molecule has 3 fully saturated rings. The molecule has 0 aromatic heterocycles. The Morgan fingerprint density at radius 2 is 1.92 bits per heavy atom. The molecule has 0 spiro atoms. The Balaban J connectivity index is 1.59. The highest BCUT2D eigenvalue weighted by Crippen LogP contribution is 2.34. The van der Waals surface area contributed by atoms with Crippen molar-refractivity contribution in [3.8, 4) is 5.75 Å². The summed E-state index contributed by atoms with van der Waals surface area (Å²) < 4.78 is 30.0. The van der Waals surface area contributed by atoms with E-state index in [2.05, 4.69) is 4.90 Å². The summed E-state index contributed by atoms with van der Waals surface area (Å²) in [6.45, 7) is 4.24. The largest absolute Gasteiger partial charge is 0.496 e. The lowest BCUT2D eigenvalue weighted by atomic mass is 10.0. The van der Waals surface area contributed by atoms with Gasteiger partial charge in [-0.2, -0.15) is 0 Å². The van der Waals surface area contributed by atoms with Crippen LogP contribution in [0.5, 0.6) is 5.75 Å². The van der Waals surface area contributed by atoms with Crippen LogP contribution in [0.2, 0.25) is 0 Å². The molecule has 0 N–H and O–H groups in total. The Bertz CT molecular complexity index is 819. The van der Waals surface area contributed by atoms with Crippen molar-refractivity contribution in [2.45, 2.75) is 31.8 Å². The fourth-order valence-electron chi connectivity index (χ4n) is 4.25. The smallest absolute Gasteiger partial charge is 0.254 e. The van der Waals surface area contributed by atoms with Crippen LogP contribution in [-0.2, 0) is 9.84 Å². The quantitative estimate of drug-likeness (QED) is 0.791. The van der Waals surface area contributed by atoms with Crippen LogP contribution < -0.4 is 4.74 Å². The van der Waals surface area contributed by atoms with Gasteiger partial charge in [0.05, 0.1) is 24.7 Å². The second-order valence-corrected chi connectivity index (χ2v) is 9.99. The number of hydrogen-bond donors (Lipinski definition) is 0. The van der Waals surface area contributed by atoms with Crippen molar-refractivity contribution in [3.05, 3.63) is 29.3 Å².